The van der Waals surface area contributed by atoms with E-state index in [1.165, 1.54) is 12.9 Å². The van der Waals surface area contributed by atoms with Crippen molar-refractivity contribution in [2.24, 2.45) is 0 Å². The molecule has 0 saturated carbocycles. The summed E-state index contributed by atoms with van der Waals surface area (Å²) < 4.78 is 23.0. The Morgan fingerprint density at radius 1 is 0.962 bits per heavy atom. The Bertz CT molecular complexity index is 980. The van der Waals surface area contributed by atoms with E-state index in [-0.39, 0.29) is 0 Å². The molecular formula is C20H18NO4P. The minimum absolute atomic E-state index is 0.404. The SMILES string of the molecule is CP(=O)(OC(=O)NC=Cc1ccccc1)Oc1cccc2ccccc12. The van der Waals surface area contributed by atoms with Crippen LogP contribution in [0.1, 0.15) is 5.56 Å². The number of nitrogens with one attached hydrogen (secondary N) is 1. The Kier molecular flexibility index (Phi) is 5.40. The number of amides is 1. The van der Waals surface area contributed by atoms with E-state index in [9.17, 15) is 9.36 Å². The zero-order valence-electron chi connectivity index (χ0n) is 14.2. The highest BCUT2D eigenvalue weighted by Crippen LogP contribution is 2.46. The van der Waals surface area contributed by atoms with E-state index in [1.807, 2.05) is 60.7 Å². The van der Waals surface area contributed by atoms with Crippen molar-refractivity contribution in [2.75, 3.05) is 6.66 Å². The maximum Gasteiger partial charge on any atom is 0.431 e. The molecule has 1 amide bonds. The van der Waals surface area contributed by atoms with Crippen molar-refractivity contribution in [3.8, 4) is 5.75 Å². The van der Waals surface area contributed by atoms with Crippen LogP contribution in [0, 0.1) is 0 Å². The number of fused-ring (bicyclic) bond motifs is 1. The third-order valence-electron chi connectivity index (χ3n) is 3.54. The van der Waals surface area contributed by atoms with Crippen molar-refractivity contribution in [3.05, 3.63) is 84.6 Å². The van der Waals surface area contributed by atoms with Crippen LogP contribution in [0.5, 0.6) is 5.75 Å². The zero-order chi connectivity index (χ0) is 18.4. The van der Waals surface area contributed by atoms with Gasteiger partial charge in [-0.1, -0.05) is 66.7 Å². The van der Waals surface area contributed by atoms with E-state index in [0.717, 1.165) is 16.3 Å². The van der Waals surface area contributed by atoms with E-state index in [2.05, 4.69) is 5.32 Å². The van der Waals surface area contributed by atoms with Crippen molar-refractivity contribution in [2.45, 2.75) is 0 Å². The number of carbonyl (C=O) groups is 1. The number of benzene rings is 3. The Morgan fingerprint density at radius 2 is 1.65 bits per heavy atom. The second kappa shape index (κ2) is 7.89. The first kappa shape index (κ1) is 17.8. The molecule has 3 aromatic carbocycles. The van der Waals surface area contributed by atoms with Crippen LogP contribution in [-0.2, 0) is 9.09 Å². The minimum Gasteiger partial charge on any atom is -0.415 e. The molecule has 0 radical (unpaired) electrons. The lowest BCUT2D eigenvalue weighted by molar-refractivity contribution is 0.199. The van der Waals surface area contributed by atoms with Crippen molar-refractivity contribution in [1.82, 2.24) is 5.32 Å². The fourth-order valence-electron chi connectivity index (χ4n) is 2.42. The molecule has 0 aliphatic carbocycles. The molecule has 0 spiro atoms. The van der Waals surface area contributed by atoms with E-state index in [0.29, 0.717) is 5.75 Å². The fourth-order valence-corrected chi connectivity index (χ4v) is 3.33. The van der Waals surface area contributed by atoms with Crippen LogP contribution in [0.25, 0.3) is 16.8 Å². The smallest absolute Gasteiger partial charge is 0.415 e. The first-order valence-electron chi connectivity index (χ1n) is 8.00. The summed E-state index contributed by atoms with van der Waals surface area (Å²) in [5.74, 6) is 0.404. The maximum absolute atomic E-state index is 12.5. The predicted octanol–water partition coefficient (Wildman–Crippen LogP) is 5.44. The van der Waals surface area contributed by atoms with E-state index < -0.39 is 13.7 Å². The largest absolute Gasteiger partial charge is 0.431 e. The molecule has 6 heteroatoms. The quantitative estimate of drug-likeness (QED) is 0.610. The Balaban J connectivity index is 1.64. The molecule has 3 aromatic rings. The molecule has 1 N–H and O–H groups in total. The predicted molar refractivity (Wildman–Crippen MR) is 103 cm³/mol. The molecule has 3 rings (SSSR count). The third-order valence-corrected chi connectivity index (χ3v) is 4.56. The van der Waals surface area contributed by atoms with Crippen LogP contribution in [0.15, 0.2) is 79.0 Å². The van der Waals surface area contributed by atoms with Crippen LogP contribution in [-0.4, -0.2) is 12.8 Å². The molecular weight excluding hydrogens is 349 g/mol. The maximum atomic E-state index is 12.5. The molecule has 0 fully saturated rings. The molecule has 1 unspecified atom stereocenters. The summed E-state index contributed by atoms with van der Waals surface area (Å²) in [6.07, 6.45) is 2.28. The van der Waals surface area contributed by atoms with Crippen LogP contribution >= 0.6 is 7.60 Å². The Morgan fingerprint density at radius 3 is 2.46 bits per heavy atom. The number of hydrogen-bond donors (Lipinski definition) is 1. The van der Waals surface area contributed by atoms with Gasteiger partial charge < -0.3 is 9.05 Å². The molecule has 0 heterocycles. The molecule has 5 nitrogen and oxygen atoms in total. The summed E-state index contributed by atoms with van der Waals surface area (Å²) in [6, 6.07) is 22.4. The van der Waals surface area contributed by atoms with Crippen molar-refractivity contribution >= 4 is 30.5 Å². The zero-order valence-corrected chi connectivity index (χ0v) is 15.1. The molecule has 0 saturated heterocycles. The number of carbonyl (C=O) groups excluding carboxylic acids is 1. The standard InChI is InChI=1S/C20H18NO4P/c1-26(23,24-19-13-7-11-17-10-5-6-12-18(17)19)25-20(22)21-15-14-16-8-3-2-4-9-16/h2-15H,1H3,(H,21,22). The second-order valence-corrected chi connectivity index (χ2v) is 7.51. The van der Waals surface area contributed by atoms with Gasteiger partial charge in [0, 0.05) is 11.6 Å². The van der Waals surface area contributed by atoms with Gasteiger partial charge in [0.25, 0.3) is 0 Å². The molecule has 0 aliphatic heterocycles. The van der Waals surface area contributed by atoms with E-state index in [4.69, 9.17) is 9.05 Å². The molecule has 1 atom stereocenters. The van der Waals surface area contributed by atoms with Gasteiger partial charge in [0.05, 0.1) is 6.66 Å². The van der Waals surface area contributed by atoms with E-state index in [1.54, 1.807) is 18.2 Å². The van der Waals surface area contributed by atoms with Crippen molar-refractivity contribution in [1.29, 1.82) is 0 Å². The van der Waals surface area contributed by atoms with Gasteiger partial charge in [-0.2, -0.15) is 0 Å². The van der Waals surface area contributed by atoms with Gasteiger partial charge in [0.1, 0.15) is 5.75 Å². The molecule has 26 heavy (non-hydrogen) atoms. The summed E-state index contributed by atoms with van der Waals surface area (Å²) >= 11 is 0. The van der Waals surface area contributed by atoms with Crippen molar-refractivity contribution in [3.63, 3.8) is 0 Å². The van der Waals surface area contributed by atoms with Crippen LogP contribution in [0.4, 0.5) is 4.79 Å². The number of rotatable bonds is 5. The van der Waals surface area contributed by atoms with Gasteiger partial charge in [0.2, 0.25) is 0 Å². The lowest BCUT2D eigenvalue weighted by Crippen LogP contribution is -2.18. The summed E-state index contributed by atoms with van der Waals surface area (Å²) in [5, 5.41) is 4.16. The van der Waals surface area contributed by atoms with E-state index >= 15 is 0 Å². The monoisotopic (exact) mass is 367 g/mol. The van der Waals surface area contributed by atoms with Gasteiger partial charge in [-0.3, -0.25) is 5.32 Å². The Labute approximate surface area is 151 Å². The first-order valence-corrected chi connectivity index (χ1v) is 9.99. The summed E-state index contributed by atoms with van der Waals surface area (Å²) in [7, 11) is -3.63. The second-order valence-electron chi connectivity index (χ2n) is 5.61. The van der Waals surface area contributed by atoms with Gasteiger partial charge in [0.15, 0.2) is 0 Å². The fraction of sp³-hybridized carbons (Fsp3) is 0.0500. The molecule has 0 bridgehead atoms. The average molecular weight is 367 g/mol. The lowest BCUT2D eigenvalue weighted by Gasteiger charge is -2.16. The average Bonchev–Trinajstić information content (AvgIpc) is 2.62. The summed E-state index contributed by atoms with van der Waals surface area (Å²) in [6.45, 7) is 1.26. The highest BCUT2D eigenvalue weighted by Gasteiger charge is 2.24. The lowest BCUT2D eigenvalue weighted by atomic mass is 10.1. The van der Waals surface area contributed by atoms with Crippen LogP contribution in [0.3, 0.4) is 0 Å². The van der Waals surface area contributed by atoms with Crippen LogP contribution in [0.2, 0.25) is 0 Å². The normalized spacial score (nSPS) is 13.3. The molecule has 0 aromatic heterocycles. The highest BCUT2D eigenvalue weighted by molar-refractivity contribution is 7.53. The highest BCUT2D eigenvalue weighted by atomic mass is 31.2. The van der Waals surface area contributed by atoms with Gasteiger partial charge in [-0.15, -0.1) is 0 Å². The van der Waals surface area contributed by atoms with Gasteiger partial charge >= 0.3 is 13.7 Å². The number of hydrogen-bond acceptors (Lipinski definition) is 4. The summed E-state index contributed by atoms with van der Waals surface area (Å²) in [4.78, 5) is 11.9. The topological polar surface area (TPSA) is 64.6 Å². The molecule has 0 aliphatic rings. The Hall–Kier alpha value is -3.04. The van der Waals surface area contributed by atoms with Crippen LogP contribution < -0.4 is 9.84 Å². The van der Waals surface area contributed by atoms with Gasteiger partial charge in [-0.05, 0) is 23.1 Å². The van der Waals surface area contributed by atoms with Crippen molar-refractivity contribution < 1.29 is 18.4 Å². The van der Waals surface area contributed by atoms with Gasteiger partial charge in [-0.25, -0.2) is 9.36 Å². The minimum atomic E-state index is -3.63. The first-order chi connectivity index (χ1) is 12.5. The molecule has 132 valence electrons. The third kappa shape index (κ3) is 4.74. The summed E-state index contributed by atoms with van der Waals surface area (Å²) in [5.41, 5.74) is 0.916.